The molecular formula is C42H53N9O5S. The van der Waals surface area contributed by atoms with Crippen molar-refractivity contribution in [3.8, 4) is 27.4 Å². The molecule has 302 valence electrons. The standard InChI is InChI=1S/C42H53N9O5S/c1-25(27-12-14-28(15-13-27)37-26(2)44-24-57-37)45-40(55)34-19-30(52)23-51(34)41(56)38(42(3,4)5)46-36(54)11-8-16-49-17-18-50-29(22-49)21-43-39-33(50)20-32(47-48-39)31-9-6-7-10-35(31)53/h6-7,9-10,12-15,20,24-25,29-30,34,38,52-53H,8,11,16-19,21-23H2,1-5H3,(H,43,48)(H,45,55)(H,46,54)/t25?,29-,30-,34+,38?/m1/s1. The first kappa shape index (κ1) is 40.1. The number of fused-ring (bicyclic) bond motifs is 3. The van der Waals surface area contributed by atoms with Crippen LogP contribution in [0.1, 0.15) is 64.3 Å². The van der Waals surface area contributed by atoms with Gasteiger partial charge in [-0.25, -0.2) is 4.98 Å². The van der Waals surface area contributed by atoms with Crippen molar-refractivity contribution in [1.29, 1.82) is 0 Å². The Kier molecular flexibility index (Phi) is 11.8. The summed E-state index contributed by atoms with van der Waals surface area (Å²) >= 11 is 1.58. The highest BCUT2D eigenvalue weighted by Crippen LogP contribution is 2.36. The number of nitrogens with zero attached hydrogens (tertiary/aromatic N) is 6. The van der Waals surface area contributed by atoms with Crippen molar-refractivity contribution in [2.45, 2.75) is 84.2 Å². The number of aliphatic hydroxyl groups excluding tert-OH is 1. The number of para-hydroxylation sites is 1. The normalized spacial score (nSPS) is 20.6. The molecular weight excluding hydrogens is 743 g/mol. The van der Waals surface area contributed by atoms with Crippen molar-refractivity contribution in [1.82, 2.24) is 35.6 Å². The van der Waals surface area contributed by atoms with Gasteiger partial charge in [0.2, 0.25) is 17.7 Å². The second-order valence-corrected chi connectivity index (χ2v) is 17.3. The van der Waals surface area contributed by atoms with Crippen molar-refractivity contribution >= 4 is 40.6 Å². The number of piperazine rings is 1. The highest BCUT2D eigenvalue weighted by atomic mass is 32.1. The predicted octanol–water partition coefficient (Wildman–Crippen LogP) is 4.35. The van der Waals surface area contributed by atoms with Gasteiger partial charge < -0.3 is 36.0 Å². The van der Waals surface area contributed by atoms with Crippen molar-refractivity contribution in [2.75, 3.05) is 49.5 Å². The predicted molar refractivity (Wildman–Crippen MR) is 221 cm³/mol. The fourth-order valence-electron chi connectivity index (χ4n) is 8.09. The molecule has 0 spiro atoms. The zero-order valence-corrected chi connectivity index (χ0v) is 34.1. The number of rotatable bonds is 11. The van der Waals surface area contributed by atoms with Crippen LogP contribution >= 0.6 is 11.3 Å². The number of benzene rings is 2. The monoisotopic (exact) mass is 795 g/mol. The average Bonchev–Trinajstić information content (AvgIpc) is 3.81. The number of carbonyl (C=O) groups excluding carboxylic acids is 3. The minimum absolute atomic E-state index is 0.0196. The number of thiazole rings is 1. The molecule has 2 fully saturated rings. The van der Waals surface area contributed by atoms with Crippen LogP contribution in [0.4, 0.5) is 11.5 Å². The molecule has 2 aromatic heterocycles. The van der Waals surface area contributed by atoms with E-state index in [1.807, 2.05) is 82.6 Å². The average molecular weight is 796 g/mol. The van der Waals surface area contributed by atoms with Crippen LogP contribution in [0.2, 0.25) is 0 Å². The van der Waals surface area contributed by atoms with Crippen molar-refractivity contribution in [2.24, 2.45) is 5.41 Å². The van der Waals surface area contributed by atoms with Gasteiger partial charge in [-0.3, -0.25) is 19.3 Å². The summed E-state index contributed by atoms with van der Waals surface area (Å²) in [5, 5.41) is 39.3. The molecule has 4 aromatic rings. The number of aromatic nitrogens is 3. The summed E-state index contributed by atoms with van der Waals surface area (Å²) in [4.78, 5) is 52.8. The topological polar surface area (TPSA) is 176 Å². The van der Waals surface area contributed by atoms with Crippen LogP contribution in [0.3, 0.4) is 0 Å². The fourth-order valence-corrected chi connectivity index (χ4v) is 8.90. The number of aromatic hydroxyl groups is 1. The molecule has 5 atom stereocenters. The highest BCUT2D eigenvalue weighted by Gasteiger charge is 2.45. The number of carbonyl (C=O) groups is 3. The third-order valence-electron chi connectivity index (χ3n) is 11.3. The number of nitrogens with one attached hydrogen (secondary N) is 3. The summed E-state index contributed by atoms with van der Waals surface area (Å²) < 4.78 is 0. The molecule has 2 saturated heterocycles. The lowest BCUT2D eigenvalue weighted by Gasteiger charge is -2.45. The SMILES string of the molecule is Cc1ncsc1-c1ccc(C(C)NC(=O)[C@@H]2C[C@@H](O)CN2C(=O)C(NC(=O)CCCN2CCN3c4cc(-c5ccccc5O)nnc4NC[C@@H]3C2)C(C)(C)C)cc1. The number of hydrogen-bond acceptors (Lipinski definition) is 12. The van der Waals surface area contributed by atoms with Crippen LogP contribution in [0, 0.1) is 12.3 Å². The van der Waals surface area contributed by atoms with Gasteiger partial charge in [-0.05, 0) is 61.6 Å². The summed E-state index contributed by atoms with van der Waals surface area (Å²) in [6, 6.07) is 15.2. The largest absolute Gasteiger partial charge is 0.507 e. The molecule has 3 aliphatic heterocycles. The van der Waals surface area contributed by atoms with Gasteiger partial charge in [-0.15, -0.1) is 21.5 Å². The molecule has 15 heteroatoms. The van der Waals surface area contributed by atoms with E-state index in [9.17, 15) is 24.6 Å². The van der Waals surface area contributed by atoms with Gasteiger partial charge in [0.05, 0.1) is 45.7 Å². The van der Waals surface area contributed by atoms with E-state index < -0.39 is 23.6 Å². The maximum Gasteiger partial charge on any atom is 0.246 e. The Labute approximate surface area is 337 Å². The van der Waals surface area contributed by atoms with E-state index in [1.54, 1.807) is 23.5 Å². The number of phenols is 1. The maximum absolute atomic E-state index is 14.2. The Morgan fingerprint density at radius 2 is 1.81 bits per heavy atom. The molecule has 0 aliphatic carbocycles. The number of anilines is 2. The van der Waals surface area contributed by atoms with Crippen LogP contribution < -0.4 is 20.9 Å². The Morgan fingerprint density at radius 1 is 1.04 bits per heavy atom. The Hall–Kier alpha value is -5.12. The summed E-state index contributed by atoms with van der Waals surface area (Å²) in [6.45, 7) is 13.4. The van der Waals surface area contributed by atoms with E-state index >= 15 is 0 Å². The van der Waals surface area contributed by atoms with Gasteiger partial charge in [-0.2, -0.15) is 0 Å². The number of β-amino-alcohol motifs (C(OH)–C–C–N with tert-alkyl or cyclic N) is 1. The summed E-state index contributed by atoms with van der Waals surface area (Å²) in [7, 11) is 0. The first-order valence-corrected chi connectivity index (χ1v) is 20.6. The lowest BCUT2D eigenvalue weighted by atomic mass is 9.85. The smallest absolute Gasteiger partial charge is 0.246 e. The molecule has 7 rings (SSSR count). The third-order valence-corrected chi connectivity index (χ3v) is 12.3. The zero-order valence-electron chi connectivity index (χ0n) is 33.2. The maximum atomic E-state index is 14.2. The van der Waals surface area contributed by atoms with Crippen LogP contribution in [0.15, 0.2) is 60.1 Å². The summed E-state index contributed by atoms with van der Waals surface area (Å²) in [5.41, 5.74) is 6.35. The van der Waals surface area contributed by atoms with Gasteiger partial charge in [0.1, 0.15) is 17.8 Å². The van der Waals surface area contributed by atoms with Crippen molar-refractivity contribution < 1.29 is 24.6 Å². The Morgan fingerprint density at radius 3 is 2.53 bits per heavy atom. The molecule has 0 saturated carbocycles. The van der Waals surface area contributed by atoms with Gasteiger partial charge in [0, 0.05) is 51.1 Å². The van der Waals surface area contributed by atoms with Crippen LogP contribution in [0.5, 0.6) is 5.75 Å². The molecule has 0 radical (unpaired) electrons. The minimum Gasteiger partial charge on any atom is -0.507 e. The molecule has 57 heavy (non-hydrogen) atoms. The fraction of sp³-hybridized carbons (Fsp3) is 0.476. The van der Waals surface area contributed by atoms with E-state index in [2.05, 4.69) is 40.9 Å². The zero-order chi connectivity index (χ0) is 40.4. The quantitative estimate of drug-likeness (QED) is 0.146. The number of hydrogen-bond donors (Lipinski definition) is 5. The molecule has 5 heterocycles. The molecule has 2 unspecified atom stereocenters. The van der Waals surface area contributed by atoms with Gasteiger partial charge >= 0.3 is 0 Å². The molecule has 3 amide bonds. The van der Waals surface area contributed by atoms with Gasteiger partial charge in [0.25, 0.3) is 0 Å². The number of aliphatic hydroxyl groups is 1. The van der Waals surface area contributed by atoms with E-state index in [0.29, 0.717) is 24.2 Å². The van der Waals surface area contributed by atoms with E-state index in [0.717, 1.165) is 59.4 Å². The summed E-state index contributed by atoms with van der Waals surface area (Å²) in [6.07, 6.45) is 0.140. The number of aryl methyl sites for hydroxylation is 1. The van der Waals surface area contributed by atoms with Crippen molar-refractivity contribution in [3.05, 3.63) is 71.4 Å². The summed E-state index contributed by atoms with van der Waals surface area (Å²) in [5.74, 6) is -0.0490. The van der Waals surface area contributed by atoms with Crippen LogP contribution in [0.25, 0.3) is 21.7 Å². The van der Waals surface area contributed by atoms with Crippen molar-refractivity contribution in [3.63, 3.8) is 0 Å². The molecule has 2 aromatic carbocycles. The number of phenolic OH excluding ortho intramolecular Hbond substituents is 1. The second-order valence-electron chi connectivity index (χ2n) is 16.5. The number of amides is 3. The van der Waals surface area contributed by atoms with E-state index in [-0.39, 0.29) is 54.9 Å². The third kappa shape index (κ3) is 8.90. The second kappa shape index (κ2) is 16.8. The lowest BCUT2D eigenvalue weighted by Crippen LogP contribution is -2.58. The molecule has 0 bridgehead atoms. The van der Waals surface area contributed by atoms with Crippen LogP contribution in [-0.2, 0) is 14.4 Å². The highest BCUT2D eigenvalue weighted by molar-refractivity contribution is 7.13. The molecule has 3 aliphatic rings. The van der Waals surface area contributed by atoms with Gasteiger partial charge in [0.15, 0.2) is 5.82 Å². The molecule has 5 N–H and O–H groups in total. The van der Waals surface area contributed by atoms with Gasteiger partial charge in [-0.1, -0.05) is 57.2 Å². The van der Waals surface area contributed by atoms with E-state index in [4.69, 9.17) is 0 Å². The number of likely N-dealkylation sites (tertiary alicyclic amines) is 1. The molecule has 14 nitrogen and oxygen atoms in total. The Bertz CT molecular complexity index is 2090. The first-order valence-electron chi connectivity index (χ1n) is 19.7. The first-order chi connectivity index (χ1) is 27.3. The van der Waals surface area contributed by atoms with E-state index in [1.165, 1.54) is 4.90 Å². The lowest BCUT2D eigenvalue weighted by molar-refractivity contribution is -0.144. The van der Waals surface area contributed by atoms with Crippen LogP contribution in [-0.4, -0.2) is 116 Å². The Balaban J connectivity index is 0.917. The minimum atomic E-state index is -0.881.